The molecule has 1 saturated heterocycles. The summed E-state index contributed by atoms with van der Waals surface area (Å²) < 4.78 is 43.2. The largest absolute Gasteiger partial charge is 0.468 e. The third kappa shape index (κ3) is 3.99. The molecule has 1 aliphatic rings. The van der Waals surface area contributed by atoms with Crippen molar-refractivity contribution in [1.29, 1.82) is 0 Å². The average molecular weight is 290 g/mol. The summed E-state index contributed by atoms with van der Waals surface area (Å²) in [6, 6.07) is 1.91. The molecule has 0 unspecified atom stereocenters. The normalized spacial score (nSPS) is 18.6. The highest BCUT2D eigenvalue weighted by Crippen LogP contribution is 2.34. The first-order valence-corrected chi connectivity index (χ1v) is 7.05. The molecule has 0 aromatic carbocycles. The average Bonchev–Trinajstić information content (AvgIpc) is 2.83. The van der Waals surface area contributed by atoms with Crippen LogP contribution in [0.2, 0.25) is 0 Å². The molecule has 2 heterocycles. The Kier molecular flexibility index (Phi) is 5.10. The van der Waals surface area contributed by atoms with Gasteiger partial charge in [-0.3, -0.25) is 4.90 Å². The highest BCUT2D eigenvalue weighted by molar-refractivity contribution is 5.17. The molecule has 1 fully saturated rings. The molecule has 0 atom stereocenters. The SMILES string of the molecule is CCNCc1occc1CN1CCC(C(F)(F)F)CC1. The van der Waals surface area contributed by atoms with E-state index < -0.39 is 12.1 Å². The highest BCUT2D eigenvalue weighted by atomic mass is 19.4. The summed E-state index contributed by atoms with van der Waals surface area (Å²) >= 11 is 0. The zero-order valence-corrected chi connectivity index (χ0v) is 11.7. The first-order valence-electron chi connectivity index (χ1n) is 7.05. The van der Waals surface area contributed by atoms with Crippen molar-refractivity contribution < 1.29 is 17.6 Å². The van der Waals surface area contributed by atoms with Gasteiger partial charge < -0.3 is 9.73 Å². The van der Waals surface area contributed by atoms with Crippen molar-refractivity contribution in [3.8, 4) is 0 Å². The highest BCUT2D eigenvalue weighted by Gasteiger charge is 2.41. The second-order valence-corrected chi connectivity index (χ2v) is 5.24. The van der Waals surface area contributed by atoms with Crippen molar-refractivity contribution >= 4 is 0 Å². The molecule has 1 N–H and O–H groups in total. The monoisotopic (exact) mass is 290 g/mol. The van der Waals surface area contributed by atoms with Gasteiger partial charge in [0.2, 0.25) is 0 Å². The summed E-state index contributed by atoms with van der Waals surface area (Å²) in [5.74, 6) is -0.255. The summed E-state index contributed by atoms with van der Waals surface area (Å²) in [5.41, 5.74) is 1.07. The second kappa shape index (κ2) is 6.63. The smallest absolute Gasteiger partial charge is 0.391 e. The second-order valence-electron chi connectivity index (χ2n) is 5.24. The Morgan fingerprint density at radius 3 is 2.65 bits per heavy atom. The molecular formula is C14H21F3N2O. The molecular weight excluding hydrogens is 269 g/mol. The minimum absolute atomic E-state index is 0.198. The summed E-state index contributed by atoms with van der Waals surface area (Å²) in [6.07, 6.45) is -2.00. The van der Waals surface area contributed by atoms with Crippen molar-refractivity contribution in [1.82, 2.24) is 10.2 Å². The third-order valence-corrected chi connectivity index (χ3v) is 3.82. The van der Waals surface area contributed by atoms with Crippen LogP contribution in [0, 0.1) is 5.92 Å². The number of alkyl halides is 3. The van der Waals surface area contributed by atoms with Gasteiger partial charge in [-0.1, -0.05) is 6.92 Å². The Morgan fingerprint density at radius 1 is 1.35 bits per heavy atom. The zero-order valence-electron chi connectivity index (χ0n) is 11.7. The molecule has 2 rings (SSSR count). The quantitative estimate of drug-likeness (QED) is 0.903. The van der Waals surface area contributed by atoms with Crippen LogP contribution in [0.3, 0.4) is 0 Å². The van der Waals surface area contributed by atoms with Crippen LogP contribution in [-0.2, 0) is 13.1 Å². The van der Waals surface area contributed by atoms with E-state index in [1.165, 1.54) is 0 Å². The van der Waals surface area contributed by atoms with Crippen molar-refractivity contribution in [2.24, 2.45) is 5.92 Å². The minimum Gasteiger partial charge on any atom is -0.468 e. The number of likely N-dealkylation sites (tertiary alicyclic amines) is 1. The summed E-state index contributed by atoms with van der Waals surface area (Å²) in [5, 5.41) is 3.19. The maximum Gasteiger partial charge on any atom is 0.391 e. The van der Waals surface area contributed by atoms with Gasteiger partial charge in [-0.15, -0.1) is 0 Å². The molecule has 1 aliphatic heterocycles. The van der Waals surface area contributed by atoms with Crippen LogP contribution in [0.15, 0.2) is 16.7 Å². The molecule has 1 aromatic rings. The number of halogens is 3. The van der Waals surface area contributed by atoms with E-state index in [1.54, 1.807) is 6.26 Å². The van der Waals surface area contributed by atoms with E-state index in [0.29, 0.717) is 26.2 Å². The molecule has 0 aliphatic carbocycles. The van der Waals surface area contributed by atoms with Gasteiger partial charge in [0.15, 0.2) is 0 Å². The van der Waals surface area contributed by atoms with Gasteiger partial charge in [-0.2, -0.15) is 13.2 Å². The lowest BCUT2D eigenvalue weighted by molar-refractivity contribution is -0.185. The minimum atomic E-state index is -4.04. The fourth-order valence-corrected chi connectivity index (χ4v) is 2.56. The number of nitrogens with zero attached hydrogens (tertiary/aromatic N) is 1. The van der Waals surface area contributed by atoms with E-state index in [-0.39, 0.29) is 12.8 Å². The molecule has 0 saturated carbocycles. The fraction of sp³-hybridized carbons (Fsp3) is 0.714. The molecule has 0 spiro atoms. The number of piperidine rings is 1. The Bertz CT molecular complexity index is 409. The fourth-order valence-electron chi connectivity index (χ4n) is 2.56. The predicted octanol–water partition coefficient (Wildman–Crippen LogP) is 3.16. The molecule has 6 heteroatoms. The number of furan rings is 1. The maximum absolute atomic E-state index is 12.6. The first kappa shape index (κ1) is 15.4. The Hall–Kier alpha value is -1.01. The zero-order chi connectivity index (χ0) is 14.6. The van der Waals surface area contributed by atoms with E-state index in [2.05, 4.69) is 10.2 Å². The molecule has 0 amide bonds. The van der Waals surface area contributed by atoms with Crippen LogP contribution in [0.4, 0.5) is 13.2 Å². The van der Waals surface area contributed by atoms with Crippen LogP contribution >= 0.6 is 0 Å². The van der Waals surface area contributed by atoms with E-state index in [9.17, 15) is 13.2 Å². The molecule has 20 heavy (non-hydrogen) atoms. The van der Waals surface area contributed by atoms with Gasteiger partial charge >= 0.3 is 6.18 Å². The Balaban J connectivity index is 1.85. The molecule has 114 valence electrons. The topological polar surface area (TPSA) is 28.4 Å². The molecule has 1 aromatic heterocycles. The van der Waals surface area contributed by atoms with Crippen molar-refractivity contribution in [2.75, 3.05) is 19.6 Å². The van der Waals surface area contributed by atoms with E-state index in [4.69, 9.17) is 4.42 Å². The summed E-state index contributed by atoms with van der Waals surface area (Å²) in [6.45, 7) is 5.20. The lowest BCUT2D eigenvalue weighted by atomic mass is 9.96. The van der Waals surface area contributed by atoms with E-state index >= 15 is 0 Å². The summed E-state index contributed by atoms with van der Waals surface area (Å²) in [4.78, 5) is 2.07. The summed E-state index contributed by atoms with van der Waals surface area (Å²) in [7, 11) is 0. The van der Waals surface area contributed by atoms with Crippen molar-refractivity contribution in [3.63, 3.8) is 0 Å². The Morgan fingerprint density at radius 2 is 2.05 bits per heavy atom. The van der Waals surface area contributed by atoms with Gasteiger partial charge in [-0.05, 0) is 38.5 Å². The lowest BCUT2D eigenvalue weighted by Gasteiger charge is -2.32. The van der Waals surface area contributed by atoms with Crippen LogP contribution in [0.1, 0.15) is 31.1 Å². The molecule has 0 bridgehead atoms. The number of nitrogens with one attached hydrogen (secondary N) is 1. The lowest BCUT2D eigenvalue weighted by Crippen LogP contribution is -2.38. The molecule has 0 radical (unpaired) electrons. The van der Waals surface area contributed by atoms with E-state index in [0.717, 1.165) is 17.9 Å². The van der Waals surface area contributed by atoms with Crippen LogP contribution in [-0.4, -0.2) is 30.7 Å². The van der Waals surface area contributed by atoms with Crippen molar-refractivity contribution in [2.45, 2.75) is 39.0 Å². The van der Waals surface area contributed by atoms with Gasteiger partial charge in [0.05, 0.1) is 18.7 Å². The Labute approximate surface area is 117 Å². The first-order chi connectivity index (χ1) is 9.50. The van der Waals surface area contributed by atoms with Crippen LogP contribution in [0.5, 0.6) is 0 Å². The maximum atomic E-state index is 12.6. The number of hydrogen-bond acceptors (Lipinski definition) is 3. The molecule has 3 nitrogen and oxygen atoms in total. The van der Waals surface area contributed by atoms with E-state index in [1.807, 2.05) is 13.0 Å². The number of rotatable bonds is 5. The predicted molar refractivity (Wildman–Crippen MR) is 70.1 cm³/mol. The van der Waals surface area contributed by atoms with Gasteiger partial charge in [-0.25, -0.2) is 0 Å². The van der Waals surface area contributed by atoms with Gasteiger partial charge in [0.25, 0.3) is 0 Å². The third-order valence-electron chi connectivity index (χ3n) is 3.82. The van der Waals surface area contributed by atoms with Crippen LogP contribution < -0.4 is 5.32 Å². The van der Waals surface area contributed by atoms with Gasteiger partial charge in [0, 0.05) is 12.1 Å². The van der Waals surface area contributed by atoms with Crippen molar-refractivity contribution in [3.05, 3.63) is 23.7 Å². The van der Waals surface area contributed by atoms with Crippen LogP contribution in [0.25, 0.3) is 0 Å². The number of hydrogen-bond donors (Lipinski definition) is 1. The van der Waals surface area contributed by atoms with Gasteiger partial charge in [0.1, 0.15) is 5.76 Å². The standard InChI is InChI=1S/C14H21F3N2O/c1-2-18-9-13-11(5-8-20-13)10-19-6-3-12(4-7-19)14(15,16)17/h5,8,12,18H,2-4,6-7,9-10H2,1H3.